The van der Waals surface area contributed by atoms with Gasteiger partial charge in [0.1, 0.15) is 0 Å². The quantitative estimate of drug-likeness (QED) is 0.773. The molecule has 0 aliphatic heterocycles. The third kappa shape index (κ3) is 3.08. The van der Waals surface area contributed by atoms with Crippen LogP contribution in [0.25, 0.3) is 0 Å². The first-order chi connectivity index (χ1) is 6.74. The number of nitrogens with zero attached hydrogens (tertiary/aromatic N) is 1. The molecule has 0 fully saturated rings. The molecule has 3 nitrogen and oxygen atoms in total. The van der Waals surface area contributed by atoms with Crippen molar-refractivity contribution in [2.75, 3.05) is 5.32 Å². The lowest BCUT2D eigenvalue weighted by Gasteiger charge is -2.04. The Balaban J connectivity index is 2.57. The molecule has 0 aromatic carbocycles. The first-order valence-corrected chi connectivity index (χ1v) is 4.44. The topological polar surface area (TPSA) is 42.0 Å². The second-order valence-electron chi connectivity index (χ2n) is 2.61. The van der Waals surface area contributed by atoms with Gasteiger partial charge in [0.05, 0.1) is 16.9 Å². The summed E-state index contributed by atoms with van der Waals surface area (Å²) in [6, 6.07) is 1.61. The molecule has 1 aromatic heterocycles. The summed E-state index contributed by atoms with van der Waals surface area (Å²) in [5, 5.41) is 3.08. The fourth-order valence-electron chi connectivity index (χ4n) is 0.868. The summed E-state index contributed by atoms with van der Waals surface area (Å²) < 4.78 is 0. The number of terminal acetylenes is 1. The predicted molar refractivity (Wildman–Crippen MR) is 55.9 cm³/mol. The lowest BCUT2D eigenvalue weighted by Crippen LogP contribution is -2.11. The Morgan fingerprint density at radius 1 is 1.71 bits per heavy atom. The number of carbonyl (C=O) groups excluding carboxylic acids is 1. The number of amides is 1. The molecule has 1 heterocycles. The number of pyridine rings is 1. The molecule has 0 atom stereocenters. The monoisotopic (exact) mass is 208 g/mol. The minimum absolute atomic E-state index is 0.155. The first kappa shape index (κ1) is 10.6. The van der Waals surface area contributed by atoms with Crippen molar-refractivity contribution in [1.82, 2.24) is 4.98 Å². The fraction of sp³-hybridized carbons (Fsp3) is 0.200. The number of halogens is 1. The molecule has 4 heteroatoms. The standard InChI is InChI=1S/C10H9ClN2O/c1-2-3-4-10(14)13-9-7-12-6-5-8(9)11/h1,5-7H,3-4H2,(H,13,14). The Bertz CT molecular complexity index is 371. The average Bonchev–Trinajstić information content (AvgIpc) is 2.18. The molecule has 0 unspecified atom stereocenters. The van der Waals surface area contributed by atoms with Crippen molar-refractivity contribution in [2.45, 2.75) is 12.8 Å². The van der Waals surface area contributed by atoms with E-state index in [1.165, 1.54) is 6.20 Å². The second kappa shape index (κ2) is 5.25. The maximum Gasteiger partial charge on any atom is 0.225 e. The van der Waals surface area contributed by atoms with Crippen LogP contribution in [-0.4, -0.2) is 10.9 Å². The Morgan fingerprint density at radius 2 is 2.50 bits per heavy atom. The van der Waals surface area contributed by atoms with Gasteiger partial charge in [-0.3, -0.25) is 9.78 Å². The Hall–Kier alpha value is -1.53. The molecule has 0 aliphatic carbocycles. The highest BCUT2D eigenvalue weighted by Crippen LogP contribution is 2.19. The number of anilines is 1. The van der Waals surface area contributed by atoms with E-state index in [9.17, 15) is 4.79 Å². The number of rotatable bonds is 3. The third-order valence-electron chi connectivity index (χ3n) is 1.54. The molecule has 0 saturated heterocycles. The first-order valence-electron chi connectivity index (χ1n) is 4.07. The van der Waals surface area contributed by atoms with E-state index >= 15 is 0 Å². The molecule has 1 N–H and O–H groups in total. The van der Waals surface area contributed by atoms with Crippen LogP contribution < -0.4 is 5.32 Å². The Labute approximate surface area is 87.5 Å². The van der Waals surface area contributed by atoms with E-state index in [0.29, 0.717) is 23.6 Å². The smallest absolute Gasteiger partial charge is 0.225 e. The summed E-state index contributed by atoms with van der Waals surface area (Å²) in [7, 11) is 0. The molecule has 1 aromatic rings. The van der Waals surface area contributed by atoms with Crippen LogP contribution in [-0.2, 0) is 4.79 Å². The van der Waals surface area contributed by atoms with Crippen LogP contribution in [0.2, 0.25) is 5.02 Å². The van der Waals surface area contributed by atoms with Gasteiger partial charge in [-0.2, -0.15) is 0 Å². The lowest BCUT2D eigenvalue weighted by atomic mass is 10.3. The summed E-state index contributed by atoms with van der Waals surface area (Å²) in [6.07, 6.45) is 8.80. The van der Waals surface area contributed by atoms with Crippen LogP contribution in [0, 0.1) is 12.3 Å². The summed E-state index contributed by atoms with van der Waals surface area (Å²) in [5.41, 5.74) is 0.510. The van der Waals surface area contributed by atoms with E-state index in [0.717, 1.165) is 0 Å². The number of carbonyl (C=O) groups is 1. The van der Waals surface area contributed by atoms with Gasteiger partial charge >= 0.3 is 0 Å². The van der Waals surface area contributed by atoms with Gasteiger partial charge in [0.2, 0.25) is 5.91 Å². The van der Waals surface area contributed by atoms with E-state index in [2.05, 4.69) is 16.2 Å². The SMILES string of the molecule is C#CCCC(=O)Nc1cnccc1Cl. The van der Waals surface area contributed by atoms with E-state index in [4.69, 9.17) is 18.0 Å². The maximum absolute atomic E-state index is 11.2. The lowest BCUT2D eigenvalue weighted by molar-refractivity contribution is -0.116. The van der Waals surface area contributed by atoms with Crippen LogP contribution in [0.5, 0.6) is 0 Å². The van der Waals surface area contributed by atoms with E-state index < -0.39 is 0 Å². The third-order valence-corrected chi connectivity index (χ3v) is 1.87. The molecule has 1 rings (SSSR count). The number of hydrogen-bond donors (Lipinski definition) is 1. The van der Waals surface area contributed by atoms with Crippen molar-refractivity contribution in [1.29, 1.82) is 0 Å². The fourth-order valence-corrected chi connectivity index (χ4v) is 1.02. The van der Waals surface area contributed by atoms with E-state index in [1.54, 1.807) is 12.3 Å². The highest BCUT2D eigenvalue weighted by molar-refractivity contribution is 6.33. The molecular weight excluding hydrogens is 200 g/mol. The maximum atomic E-state index is 11.2. The largest absolute Gasteiger partial charge is 0.323 e. The van der Waals surface area contributed by atoms with Crippen molar-refractivity contribution in [3.63, 3.8) is 0 Å². The molecule has 0 aliphatic rings. The van der Waals surface area contributed by atoms with Crippen LogP contribution in [0.15, 0.2) is 18.5 Å². The Morgan fingerprint density at radius 3 is 3.14 bits per heavy atom. The van der Waals surface area contributed by atoms with Gasteiger partial charge in [-0.1, -0.05) is 11.6 Å². The van der Waals surface area contributed by atoms with Crippen LogP contribution in [0.3, 0.4) is 0 Å². The zero-order chi connectivity index (χ0) is 10.4. The average molecular weight is 209 g/mol. The molecular formula is C10H9ClN2O. The Kier molecular flexibility index (Phi) is 3.96. The number of nitrogens with one attached hydrogen (secondary N) is 1. The second-order valence-corrected chi connectivity index (χ2v) is 3.02. The normalized spacial score (nSPS) is 9.14. The van der Waals surface area contributed by atoms with Gasteiger partial charge in [-0.05, 0) is 6.07 Å². The van der Waals surface area contributed by atoms with E-state index in [-0.39, 0.29) is 5.91 Å². The molecule has 14 heavy (non-hydrogen) atoms. The van der Waals surface area contributed by atoms with Gasteiger partial charge in [0.25, 0.3) is 0 Å². The molecule has 1 amide bonds. The zero-order valence-corrected chi connectivity index (χ0v) is 8.21. The van der Waals surface area contributed by atoms with Gasteiger partial charge in [0, 0.05) is 19.0 Å². The van der Waals surface area contributed by atoms with Gasteiger partial charge in [0.15, 0.2) is 0 Å². The predicted octanol–water partition coefficient (Wildman–Crippen LogP) is 2.09. The molecule has 0 spiro atoms. The van der Waals surface area contributed by atoms with Gasteiger partial charge < -0.3 is 5.32 Å². The van der Waals surface area contributed by atoms with Gasteiger partial charge in [-0.25, -0.2) is 0 Å². The zero-order valence-electron chi connectivity index (χ0n) is 7.46. The molecule has 72 valence electrons. The van der Waals surface area contributed by atoms with Crippen molar-refractivity contribution in [3.05, 3.63) is 23.5 Å². The van der Waals surface area contributed by atoms with Gasteiger partial charge in [-0.15, -0.1) is 12.3 Å². The van der Waals surface area contributed by atoms with Crippen LogP contribution in [0.1, 0.15) is 12.8 Å². The summed E-state index contributed by atoms with van der Waals surface area (Å²) in [4.78, 5) is 15.1. The highest BCUT2D eigenvalue weighted by Gasteiger charge is 2.04. The number of aromatic nitrogens is 1. The van der Waals surface area contributed by atoms with Crippen molar-refractivity contribution in [3.8, 4) is 12.3 Å². The summed E-state index contributed by atoms with van der Waals surface area (Å²) in [6.45, 7) is 0. The van der Waals surface area contributed by atoms with Crippen LogP contribution in [0.4, 0.5) is 5.69 Å². The molecule has 0 radical (unpaired) electrons. The van der Waals surface area contributed by atoms with Crippen molar-refractivity contribution >= 4 is 23.2 Å². The van der Waals surface area contributed by atoms with Crippen molar-refractivity contribution in [2.24, 2.45) is 0 Å². The highest BCUT2D eigenvalue weighted by atomic mass is 35.5. The van der Waals surface area contributed by atoms with E-state index in [1.807, 2.05) is 0 Å². The van der Waals surface area contributed by atoms with Crippen molar-refractivity contribution < 1.29 is 4.79 Å². The molecule has 0 saturated carbocycles. The summed E-state index contributed by atoms with van der Waals surface area (Å²) >= 11 is 5.81. The number of hydrogen-bond acceptors (Lipinski definition) is 2. The molecule has 0 bridgehead atoms. The summed E-state index contributed by atoms with van der Waals surface area (Å²) in [5.74, 6) is 2.23. The minimum Gasteiger partial charge on any atom is -0.323 e. The minimum atomic E-state index is -0.155. The van der Waals surface area contributed by atoms with Crippen LogP contribution >= 0.6 is 11.6 Å².